The zero-order valence-corrected chi connectivity index (χ0v) is 15.3. The molecule has 5 nitrogen and oxygen atoms in total. The van der Waals surface area contributed by atoms with Gasteiger partial charge in [0, 0.05) is 25.8 Å². The summed E-state index contributed by atoms with van der Waals surface area (Å²) in [5.41, 5.74) is 1.79. The summed E-state index contributed by atoms with van der Waals surface area (Å²) >= 11 is 0. The predicted octanol–water partition coefficient (Wildman–Crippen LogP) is 3.62. The predicted molar refractivity (Wildman–Crippen MR) is 95.5 cm³/mol. The van der Waals surface area contributed by atoms with Crippen molar-refractivity contribution < 1.29 is 17.3 Å². The Morgan fingerprint density at radius 2 is 1.62 bits per heavy atom. The fourth-order valence-corrected chi connectivity index (χ4v) is 3.07. The molecule has 0 bridgehead atoms. The highest BCUT2D eigenvalue weighted by molar-refractivity contribution is 7.87. The summed E-state index contributed by atoms with van der Waals surface area (Å²) in [6.45, 7) is 4.45. The molecule has 2 rings (SSSR count). The van der Waals surface area contributed by atoms with E-state index in [4.69, 9.17) is 8.92 Å². The van der Waals surface area contributed by atoms with Gasteiger partial charge in [-0.3, -0.25) is 0 Å². The summed E-state index contributed by atoms with van der Waals surface area (Å²) in [5.74, 6) is 0.850. The number of rotatable bonds is 7. The Bertz CT molecular complexity index is 783. The van der Waals surface area contributed by atoms with Gasteiger partial charge in [0.2, 0.25) is 0 Å². The largest absolute Gasteiger partial charge is 0.493 e. The Hall–Kier alpha value is -2.21. The summed E-state index contributed by atoms with van der Waals surface area (Å²) in [5, 5.41) is 0. The van der Waals surface area contributed by atoms with Crippen LogP contribution in [-0.4, -0.2) is 29.1 Å². The molecule has 0 saturated carbocycles. The van der Waals surface area contributed by atoms with Gasteiger partial charge < -0.3 is 13.8 Å². The number of hydrogen-bond acceptors (Lipinski definition) is 5. The third-order valence-electron chi connectivity index (χ3n) is 3.34. The minimum absolute atomic E-state index is 0.116. The standard InChI is InChI=1S/C18H23NO4S/c1-5-10-22-16-11-14(2)12-17(13-16)23-24(20,21)18-8-6-15(7-9-18)19(3)4/h6-9,11-13H,5,10H2,1-4H3. The molecule has 0 radical (unpaired) electrons. The van der Waals surface area contributed by atoms with Crippen molar-refractivity contribution in [2.24, 2.45) is 0 Å². The first-order valence-corrected chi connectivity index (χ1v) is 9.19. The fraction of sp³-hybridized carbons (Fsp3) is 0.333. The topological polar surface area (TPSA) is 55.8 Å². The van der Waals surface area contributed by atoms with Crippen LogP contribution in [0.3, 0.4) is 0 Å². The SMILES string of the molecule is CCCOc1cc(C)cc(OS(=O)(=O)c2ccc(N(C)C)cc2)c1. The summed E-state index contributed by atoms with van der Waals surface area (Å²) in [6, 6.07) is 11.7. The summed E-state index contributed by atoms with van der Waals surface area (Å²) in [6.07, 6.45) is 0.876. The van der Waals surface area contributed by atoms with Crippen molar-refractivity contribution in [1.29, 1.82) is 0 Å². The molecule has 0 amide bonds. The van der Waals surface area contributed by atoms with Crippen LogP contribution in [0.1, 0.15) is 18.9 Å². The van der Waals surface area contributed by atoms with Gasteiger partial charge in [0.15, 0.2) is 0 Å². The lowest BCUT2D eigenvalue weighted by Gasteiger charge is -2.13. The highest BCUT2D eigenvalue weighted by Crippen LogP contribution is 2.26. The summed E-state index contributed by atoms with van der Waals surface area (Å²) < 4.78 is 35.7. The van der Waals surface area contributed by atoms with Crippen LogP contribution in [0.15, 0.2) is 47.4 Å². The number of benzene rings is 2. The van der Waals surface area contributed by atoms with E-state index in [1.807, 2.05) is 38.9 Å². The minimum atomic E-state index is -3.88. The molecule has 130 valence electrons. The highest BCUT2D eigenvalue weighted by atomic mass is 32.2. The van der Waals surface area contributed by atoms with E-state index in [1.165, 1.54) is 12.1 Å². The van der Waals surface area contributed by atoms with Crippen molar-refractivity contribution in [3.05, 3.63) is 48.0 Å². The third-order valence-corrected chi connectivity index (χ3v) is 4.61. The van der Waals surface area contributed by atoms with Crippen LogP contribution in [0.2, 0.25) is 0 Å². The van der Waals surface area contributed by atoms with E-state index in [9.17, 15) is 8.42 Å². The maximum atomic E-state index is 12.4. The normalized spacial score (nSPS) is 11.2. The zero-order valence-electron chi connectivity index (χ0n) is 14.4. The molecule has 0 N–H and O–H groups in total. The van der Waals surface area contributed by atoms with Crippen LogP contribution in [-0.2, 0) is 10.1 Å². The molecule has 0 spiro atoms. The first kappa shape index (κ1) is 18.1. The molecule has 2 aromatic carbocycles. The molecular formula is C18H23NO4S. The van der Waals surface area contributed by atoms with Gasteiger partial charge in [0.1, 0.15) is 16.4 Å². The molecule has 0 fully saturated rings. The average molecular weight is 349 g/mol. The monoisotopic (exact) mass is 349 g/mol. The molecule has 24 heavy (non-hydrogen) atoms. The Labute approximate surface area is 143 Å². The van der Waals surface area contributed by atoms with Crippen LogP contribution in [0.4, 0.5) is 5.69 Å². The van der Waals surface area contributed by atoms with Gasteiger partial charge in [-0.05, 0) is 55.3 Å². The molecule has 0 aliphatic carbocycles. The lowest BCUT2D eigenvalue weighted by molar-refractivity contribution is 0.316. The van der Waals surface area contributed by atoms with Crippen molar-refractivity contribution in [3.8, 4) is 11.5 Å². The van der Waals surface area contributed by atoms with Gasteiger partial charge in [-0.25, -0.2) is 0 Å². The number of ether oxygens (including phenoxy) is 1. The quantitative estimate of drug-likeness (QED) is 0.715. The first-order valence-electron chi connectivity index (χ1n) is 7.78. The van der Waals surface area contributed by atoms with Crippen LogP contribution < -0.4 is 13.8 Å². The van der Waals surface area contributed by atoms with Crippen molar-refractivity contribution in [1.82, 2.24) is 0 Å². The van der Waals surface area contributed by atoms with E-state index in [-0.39, 0.29) is 10.6 Å². The fourth-order valence-electron chi connectivity index (χ4n) is 2.15. The van der Waals surface area contributed by atoms with E-state index in [2.05, 4.69) is 0 Å². The zero-order chi connectivity index (χ0) is 17.7. The number of aryl methyl sites for hydroxylation is 1. The molecule has 0 saturated heterocycles. The number of nitrogens with zero attached hydrogens (tertiary/aromatic N) is 1. The molecular weight excluding hydrogens is 326 g/mol. The smallest absolute Gasteiger partial charge is 0.339 e. The second-order valence-corrected chi connectivity index (χ2v) is 7.30. The molecule has 0 aromatic heterocycles. The van der Waals surface area contributed by atoms with E-state index >= 15 is 0 Å². The number of anilines is 1. The summed E-state index contributed by atoms with van der Waals surface area (Å²) in [4.78, 5) is 2.01. The van der Waals surface area contributed by atoms with Gasteiger partial charge in [0.05, 0.1) is 6.61 Å². The molecule has 0 aliphatic heterocycles. The lowest BCUT2D eigenvalue weighted by Crippen LogP contribution is -2.12. The van der Waals surface area contributed by atoms with E-state index in [0.717, 1.165) is 17.7 Å². The Balaban J connectivity index is 2.23. The van der Waals surface area contributed by atoms with Gasteiger partial charge in [-0.1, -0.05) is 6.92 Å². The van der Waals surface area contributed by atoms with Crippen molar-refractivity contribution in [3.63, 3.8) is 0 Å². The molecule has 0 atom stereocenters. The molecule has 0 unspecified atom stereocenters. The van der Waals surface area contributed by atoms with Crippen molar-refractivity contribution in [2.45, 2.75) is 25.2 Å². The van der Waals surface area contributed by atoms with Crippen LogP contribution >= 0.6 is 0 Å². The Morgan fingerprint density at radius 3 is 2.21 bits per heavy atom. The van der Waals surface area contributed by atoms with Gasteiger partial charge in [-0.15, -0.1) is 0 Å². The Morgan fingerprint density at radius 1 is 1.00 bits per heavy atom. The van der Waals surface area contributed by atoms with Crippen molar-refractivity contribution in [2.75, 3.05) is 25.6 Å². The van der Waals surface area contributed by atoms with Crippen LogP contribution in [0.25, 0.3) is 0 Å². The van der Waals surface area contributed by atoms with Gasteiger partial charge in [-0.2, -0.15) is 8.42 Å². The second-order valence-electron chi connectivity index (χ2n) is 5.76. The average Bonchev–Trinajstić information content (AvgIpc) is 2.52. The van der Waals surface area contributed by atoms with E-state index in [1.54, 1.807) is 24.3 Å². The van der Waals surface area contributed by atoms with Gasteiger partial charge in [0.25, 0.3) is 0 Å². The van der Waals surface area contributed by atoms with Crippen LogP contribution in [0, 0.1) is 6.92 Å². The first-order chi connectivity index (χ1) is 11.3. The molecule has 0 aliphatic rings. The highest BCUT2D eigenvalue weighted by Gasteiger charge is 2.17. The molecule has 6 heteroatoms. The molecule has 0 heterocycles. The van der Waals surface area contributed by atoms with Crippen molar-refractivity contribution >= 4 is 15.8 Å². The summed E-state index contributed by atoms with van der Waals surface area (Å²) in [7, 11) is -0.0970. The van der Waals surface area contributed by atoms with E-state index < -0.39 is 10.1 Å². The van der Waals surface area contributed by atoms with E-state index in [0.29, 0.717) is 12.4 Å². The number of hydrogen-bond donors (Lipinski definition) is 0. The van der Waals surface area contributed by atoms with Gasteiger partial charge >= 0.3 is 10.1 Å². The molecule has 2 aromatic rings. The van der Waals surface area contributed by atoms with Crippen LogP contribution in [0.5, 0.6) is 11.5 Å². The lowest BCUT2D eigenvalue weighted by atomic mass is 10.2. The Kier molecular flexibility index (Phi) is 5.72. The maximum Gasteiger partial charge on any atom is 0.339 e. The third kappa shape index (κ3) is 4.64. The second kappa shape index (κ2) is 7.57. The minimum Gasteiger partial charge on any atom is -0.493 e. The maximum absolute atomic E-state index is 12.4.